The smallest absolute Gasteiger partial charge is 0.262 e. The number of nitriles is 1. The van der Waals surface area contributed by atoms with Crippen LogP contribution in [0.25, 0.3) is 0 Å². The van der Waals surface area contributed by atoms with Crippen LogP contribution in [0, 0.1) is 52.7 Å². The highest BCUT2D eigenvalue weighted by molar-refractivity contribution is 6.23. The summed E-state index contributed by atoms with van der Waals surface area (Å²) >= 11 is 0. The number of rotatable bonds is 6. The van der Waals surface area contributed by atoms with Gasteiger partial charge in [-0.1, -0.05) is 39.5 Å². The number of nitrogens with zero attached hydrogens (tertiary/aromatic N) is 5. The van der Waals surface area contributed by atoms with E-state index in [1.54, 1.807) is 25.1 Å². The summed E-state index contributed by atoms with van der Waals surface area (Å²) in [5, 5.41) is 11.5. The highest BCUT2D eigenvalue weighted by Gasteiger charge is 2.67. The predicted octanol–water partition coefficient (Wildman–Crippen LogP) is 5.20. The zero-order valence-electron chi connectivity index (χ0n) is 34.4. The Balaban J connectivity index is 0.780. The molecule has 5 amide bonds. The van der Waals surface area contributed by atoms with Crippen LogP contribution in [0.3, 0.4) is 0 Å². The molecule has 1 N–H and O–H groups in total. The van der Waals surface area contributed by atoms with Crippen LogP contribution in [0.1, 0.15) is 107 Å². The zero-order valence-corrected chi connectivity index (χ0v) is 34.4. The number of fused-ring (bicyclic) bond motifs is 2. The molecule has 13 heteroatoms. The maximum absolute atomic E-state index is 14.8. The largest absolute Gasteiger partial charge is 0.489 e. The van der Waals surface area contributed by atoms with Gasteiger partial charge in [0.25, 0.3) is 17.7 Å². The number of ether oxygens (including phenoxy) is 1. The van der Waals surface area contributed by atoms with Crippen molar-refractivity contribution in [2.24, 2.45) is 16.7 Å². The summed E-state index contributed by atoms with van der Waals surface area (Å²) in [5.74, 6) is 4.98. The lowest BCUT2D eigenvalue weighted by Crippen LogP contribution is -2.74. The van der Waals surface area contributed by atoms with Crippen molar-refractivity contribution in [1.29, 1.82) is 5.26 Å². The fourth-order valence-corrected chi connectivity index (χ4v) is 11.0. The Bertz CT molecular complexity index is 2480. The van der Waals surface area contributed by atoms with Gasteiger partial charge in [0.2, 0.25) is 11.8 Å². The maximum atomic E-state index is 14.8. The van der Waals surface area contributed by atoms with Crippen molar-refractivity contribution < 1.29 is 33.1 Å². The number of amides is 5. The Kier molecular flexibility index (Phi) is 9.40. The van der Waals surface area contributed by atoms with Crippen LogP contribution >= 0.6 is 0 Å². The first-order chi connectivity index (χ1) is 28.6. The van der Waals surface area contributed by atoms with Gasteiger partial charge in [-0.15, -0.1) is 0 Å². The SMILES string of the molecule is Cc1c(OC2C(C)(C)C(N3Cc4cc(C#CC5CCN(C6CN(c7ccc8c(c7)C(=O)N(C7CCC(=O)NC7=O)C8=O)C6)CC5)ccc4C3=O)C2(C)C)ccc(C#N)c1F. The summed E-state index contributed by atoms with van der Waals surface area (Å²) in [6, 6.07) is 15.4. The normalized spacial score (nSPS) is 24.9. The summed E-state index contributed by atoms with van der Waals surface area (Å²) in [6.07, 6.45) is 1.82. The second kappa shape index (κ2) is 14.3. The molecule has 4 fully saturated rings. The molecule has 3 aromatic carbocycles. The molecule has 12 nitrogen and oxygen atoms in total. The molecule has 1 atom stereocenters. The topological polar surface area (TPSA) is 143 Å². The Morgan fingerprint density at radius 3 is 2.25 bits per heavy atom. The van der Waals surface area contributed by atoms with Gasteiger partial charge in [0.1, 0.15) is 29.8 Å². The molecule has 9 rings (SSSR count). The van der Waals surface area contributed by atoms with Crippen molar-refractivity contribution in [2.75, 3.05) is 31.1 Å². The molecular weight excluding hydrogens is 764 g/mol. The van der Waals surface area contributed by atoms with E-state index in [0.29, 0.717) is 35.0 Å². The molecule has 60 heavy (non-hydrogen) atoms. The van der Waals surface area contributed by atoms with E-state index in [-0.39, 0.29) is 47.9 Å². The summed E-state index contributed by atoms with van der Waals surface area (Å²) in [4.78, 5) is 72.0. The van der Waals surface area contributed by atoms with E-state index in [4.69, 9.17) is 4.74 Å². The van der Waals surface area contributed by atoms with E-state index < -0.39 is 46.3 Å². The van der Waals surface area contributed by atoms with E-state index >= 15 is 0 Å². The summed E-state index contributed by atoms with van der Waals surface area (Å²) in [6.45, 7) is 13.9. The van der Waals surface area contributed by atoms with Crippen molar-refractivity contribution in [3.63, 3.8) is 0 Å². The molecule has 0 spiro atoms. The molecule has 3 aromatic rings. The Morgan fingerprint density at radius 2 is 1.55 bits per heavy atom. The molecule has 0 aromatic heterocycles. The Morgan fingerprint density at radius 1 is 0.850 bits per heavy atom. The van der Waals surface area contributed by atoms with E-state index in [1.165, 1.54) is 6.07 Å². The third-order valence-electron chi connectivity index (χ3n) is 13.8. The fourth-order valence-electron chi connectivity index (χ4n) is 11.0. The minimum Gasteiger partial charge on any atom is -0.489 e. The molecule has 1 aliphatic carbocycles. The third-order valence-corrected chi connectivity index (χ3v) is 13.8. The Hall–Kier alpha value is -6.05. The maximum Gasteiger partial charge on any atom is 0.262 e. The molecule has 1 saturated carbocycles. The first-order valence-corrected chi connectivity index (χ1v) is 20.7. The minimum absolute atomic E-state index is 0.00664. The number of benzene rings is 3. The van der Waals surface area contributed by atoms with Gasteiger partial charge in [0.15, 0.2) is 0 Å². The monoisotopic (exact) mass is 810 g/mol. The van der Waals surface area contributed by atoms with E-state index in [9.17, 15) is 33.6 Å². The number of carbonyl (C=O) groups excluding carboxylic acids is 5. The van der Waals surface area contributed by atoms with Gasteiger partial charge >= 0.3 is 0 Å². The van der Waals surface area contributed by atoms with Crippen molar-refractivity contribution in [1.82, 2.24) is 20.0 Å². The second-order valence-electron chi connectivity index (χ2n) is 18.3. The van der Waals surface area contributed by atoms with Gasteiger partial charge < -0.3 is 14.5 Å². The molecule has 5 aliphatic heterocycles. The number of likely N-dealkylation sites (tertiary alicyclic amines) is 1. The number of anilines is 1. The molecule has 0 radical (unpaired) electrons. The number of nitrogens with one attached hydrogen (secondary N) is 1. The first-order valence-electron chi connectivity index (χ1n) is 20.7. The van der Waals surface area contributed by atoms with Crippen molar-refractivity contribution in [3.8, 4) is 23.7 Å². The molecule has 308 valence electrons. The molecular formula is C47H47FN6O6. The van der Waals surface area contributed by atoms with E-state index in [2.05, 4.69) is 54.7 Å². The standard InChI is InChI=1S/C47H47FN6O6/c1-26-37(14-9-29(22-49)39(26)48)60-45-46(2,3)44(47(45,4)5)53-23-30-20-28(8-11-33(30)41(53)57)7-6-27-16-18-51(19-17-27)32-24-52(25-32)31-10-12-34-35(21-31)43(59)54(42(34)58)36-13-15-38(55)50-40(36)56/h8-12,14,20-21,27,32,36,44-45H,13,15-19,23-25H2,1-5H3,(H,50,55,56). The highest BCUT2D eigenvalue weighted by atomic mass is 19.1. The highest BCUT2D eigenvalue weighted by Crippen LogP contribution is 2.59. The van der Waals surface area contributed by atoms with Crippen LogP contribution in [0.2, 0.25) is 0 Å². The third kappa shape index (κ3) is 6.25. The van der Waals surface area contributed by atoms with Crippen molar-refractivity contribution in [2.45, 2.75) is 91.1 Å². The van der Waals surface area contributed by atoms with Crippen LogP contribution in [0.15, 0.2) is 48.5 Å². The number of piperidine rings is 2. The van der Waals surface area contributed by atoms with E-state index in [0.717, 1.165) is 60.7 Å². The van der Waals surface area contributed by atoms with Crippen molar-refractivity contribution in [3.05, 3.63) is 93.3 Å². The summed E-state index contributed by atoms with van der Waals surface area (Å²) in [5.41, 5.74) is 3.40. The van der Waals surface area contributed by atoms with E-state index in [1.807, 2.05) is 35.2 Å². The van der Waals surface area contributed by atoms with Crippen LogP contribution in [-0.2, 0) is 16.1 Å². The lowest BCUT2D eigenvalue weighted by molar-refractivity contribution is -0.199. The lowest BCUT2D eigenvalue weighted by atomic mass is 9.49. The molecule has 6 aliphatic rings. The number of carbonyl (C=O) groups is 5. The summed E-state index contributed by atoms with van der Waals surface area (Å²) in [7, 11) is 0. The van der Waals surface area contributed by atoms with Gasteiger partial charge in [0.05, 0.1) is 16.7 Å². The molecule has 5 heterocycles. The van der Waals surface area contributed by atoms with Crippen LogP contribution in [0.4, 0.5) is 10.1 Å². The van der Waals surface area contributed by atoms with Gasteiger partial charge in [-0.2, -0.15) is 5.26 Å². The average molecular weight is 811 g/mol. The molecule has 3 saturated heterocycles. The first kappa shape index (κ1) is 39.4. The minimum atomic E-state index is -0.984. The van der Waals surface area contributed by atoms with Crippen molar-refractivity contribution >= 4 is 35.2 Å². The van der Waals surface area contributed by atoms with Crippen LogP contribution < -0.4 is 15.0 Å². The molecule has 1 unspecified atom stereocenters. The zero-order chi connectivity index (χ0) is 42.4. The van der Waals surface area contributed by atoms with Gasteiger partial charge in [-0.05, 0) is 93.4 Å². The fraction of sp³-hybridized carbons (Fsp3) is 0.447. The number of imide groups is 2. The number of halogens is 1. The lowest BCUT2D eigenvalue weighted by Gasteiger charge is -2.65. The second-order valence-corrected chi connectivity index (χ2v) is 18.3. The van der Waals surface area contributed by atoms with Gasteiger partial charge in [0, 0.05) is 77.3 Å². The Labute approximate surface area is 348 Å². The quantitative estimate of drug-likeness (QED) is 0.263. The predicted molar refractivity (Wildman–Crippen MR) is 218 cm³/mol. The van der Waals surface area contributed by atoms with Gasteiger partial charge in [-0.3, -0.25) is 39.1 Å². The number of hydrogen-bond donors (Lipinski definition) is 1. The molecule has 0 bridgehead atoms. The van der Waals surface area contributed by atoms with Gasteiger partial charge in [-0.25, -0.2) is 4.39 Å². The van der Waals surface area contributed by atoms with Crippen LogP contribution in [0.5, 0.6) is 5.75 Å². The average Bonchev–Trinajstić information content (AvgIpc) is 3.64. The van der Waals surface area contributed by atoms with Crippen LogP contribution in [-0.4, -0.2) is 94.6 Å². The number of hydrogen-bond acceptors (Lipinski definition) is 9. The summed E-state index contributed by atoms with van der Waals surface area (Å²) < 4.78 is 21.2.